The Morgan fingerprint density at radius 1 is 1.23 bits per heavy atom. The third-order valence-electron chi connectivity index (χ3n) is 4.96. The van der Waals surface area contributed by atoms with Gasteiger partial charge in [0.2, 0.25) is 0 Å². The molecule has 0 aliphatic carbocycles. The van der Waals surface area contributed by atoms with Crippen LogP contribution in [0.2, 0.25) is 5.02 Å². The largest absolute Gasteiger partial charge is 0.306 e. The number of halogens is 1. The van der Waals surface area contributed by atoms with Gasteiger partial charge in [0.25, 0.3) is 0 Å². The predicted molar refractivity (Wildman–Crippen MR) is 120 cm³/mol. The molecule has 0 bridgehead atoms. The molecule has 0 aliphatic rings. The Hall–Kier alpha value is -2.80. The van der Waals surface area contributed by atoms with Crippen molar-refractivity contribution < 1.29 is 4.79 Å². The van der Waals surface area contributed by atoms with Crippen molar-refractivity contribution in [3.8, 4) is 5.69 Å². The Balaban J connectivity index is 2.18. The first-order chi connectivity index (χ1) is 14.4. The lowest BCUT2D eigenvalue weighted by Gasteiger charge is -2.22. The van der Waals surface area contributed by atoms with Crippen molar-refractivity contribution in [1.29, 1.82) is 0 Å². The third-order valence-corrected chi connectivity index (χ3v) is 5.19. The summed E-state index contributed by atoms with van der Waals surface area (Å²) in [5.41, 5.74) is 1.82. The topological polar surface area (TPSA) is 63.1 Å². The second kappa shape index (κ2) is 9.80. The van der Waals surface area contributed by atoms with Crippen molar-refractivity contribution in [3.05, 3.63) is 89.0 Å². The number of nitrogens with zero attached hydrogens (tertiary/aromatic N) is 4. The molecule has 0 radical (unpaired) electrons. The normalized spacial score (nSPS) is 12.2. The van der Waals surface area contributed by atoms with Gasteiger partial charge in [-0.05, 0) is 39.2 Å². The molecule has 6 nitrogen and oxygen atoms in total. The van der Waals surface area contributed by atoms with Gasteiger partial charge in [-0.15, -0.1) is 16.8 Å². The van der Waals surface area contributed by atoms with E-state index in [0.29, 0.717) is 40.8 Å². The van der Waals surface area contributed by atoms with E-state index in [0.717, 1.165) is 5.82 Å². The molecule has 1 aromatic heterocycles. The average molecular weight is 424 g/mol. The fourth-order valence-electron chi connectivity index (χ4n) is 3.12. The quantitative estimate of drug-likeness (QED) is 0.319. The lowest BCUT2D eigenvalue weighted by molar-refractivity contribution is 0.103. The monoisotopic (exact) mass is 423 g/mol. The molecule has 156 valence electrons. The van der Waals surface area contributed by atoms with E-state index in [2.05, 4.69) is 22.1 Å². The summed E-state index contributed by atoms with van der Waals surface area (Å²) < 4.78 is 1.93. The fraction of sp³-hybridized carbons (Fsp3) is 0.261. The van der Waals surface area contributed by atoms with Gasteiger partial charge in [-0.1, -0.05) is 48.0 Å². The summed E-state index contributed by atoms with van der Waals surface area (Å²) in [6, 6.07) is 14.5. The molecule has 7 heteroatoms. The molecule has 3 rings (SSSR count). The van der Waals surface area contributed by atoms with Gasteiger partial charge < -0.3 is 5.32 Å². The lowest BCUT2D eigenvalue weighted by Crippen LogP contribution is -2.23. The average Bonchev–Trinajstić information content (AvgIpc) is 3.17. The first-order valence-corrected chi connectivity index (χ1v) is 10.1. The van der Waals surface area contributed by atoms with Crippen LogP contribution in [0.1, 0.15) is 40.5 Å². The van der Waals surface area contributed by atoms with Crippen LogP contribution in [0.4, 0.5) is 0 Å². The maximum atomic E-state index is 13.3. The van der Waals surface area contributed by atoms with Crippen LogP contribution in [0, 0.1) is 0 Å². The minimum absolute atomic E-state index is 0.0238. The van der Waals surface area contributed by atoms with Crippen molar-refractivity contribution in [1.82, 2.24) is 25.0 Å². The number of ketones is 1. The molecule has 0 amide bonds. The van der Waals surface area contributed by atoms with Crippen LogP contribution in [0.5, 0.6) is 0 Å². The zero-order chi connectivity index (χ0) is 21.7. The summed E-state index contributed by atoms with van der Waals surface area (Å²) in [4.78, 5) is 15.4. The van der Waals surface area contributed by atoms with E-state index in [4.69, 9.17) is 11.6 Å². The number of aromatic nitrogens is 3. The van der Waals surface area contributed by atoms with E-state index in [9.17, 15) is 4.79 Å². The number of benzene rings is 2. The summed E-state index contributed by atoms with van der Waals surface area (Å²) in [5, 5.41) is 12.7. The van der Waals surface area contributed by atoms with Gasteiger partial charge in [0.15, 0.2) is 17.4 Å². The van der Waals surface area contributed by atoms with Crippen molar-refractivity contribution in [3.63, 3.8) is 0 Å². The fourth-order valence-corrected chi connectivity index (χ4v) is 3.29. The number of carbonyl (C=O) groups excluding carboxylic acids is 1. The van der Waals surface area contributed by atoms with Crippen LogP contribution < -0.4 is 5.32 Å². The molecule has 1 atom stereocenters. The summed E-state index contributed by atoms with van der Waals surface area (Å²) >= 11 is 6.35. The molecule has 0 spiro atoms. The molecule has 2 aromatic carbocycles. The Morgan fingerprint density at radius 3 is 2.63 bits per heavy atom. The maximum absolute atomic E-state index is 13.3. The highest BCUT2D eigenvalue weighted by Gasteiger charge is 2.24. The minimum atomic E-state index is -0.0792. The highest BCUT2D eigenvalue weighted by atomic mass is 35.5. The van der Waals surface area contributed by atoms with Crippen molar-refractivity contribution in [2.24, 2.45) is 0 Å². The van der Waals surface area contributed by atoms with Crippen LogP contribution >= 0.6 is 11.6 Å². The molecule has 1 heterocycles. The zero-order valence-corrected chi connectivity index (χ0v) is 18.2. The number of hydrogen-bond acceptors (Lipinski definition) is 5. The van der Waals surface area contributed by atoms with Crippen molar-refractivity contribution >= 4 is 17.4 Å². The number of carbonyl (C=O) groups is 1. The van der Waals surface area contributed by atoms with Crippen molar-refractivity contribution in [2.45, 2.75) is 19.5 Å². The van der Waals surface area contributed by atoms with E-state index in [1.807, 2.05) is 60.8 Å². The number of hydrogen-bond donors (Lipinski definition) is 1. The molecule has 0 saturated carbocycles. The molecule has 0 aliphatic heterocycles. The molecule has 1 unspecified atom stereocenters. The van der Waals surface area contributed by atoms with Gasteiger partial charge in [0, 0.05) is 22.7 Å². The molecule has 1 N–H and O–H groups in total. The van der Waals surface area contributed by atoms with Crippen LogP contribution in [0.15, 0.2) is 61.2 Å². The Labute approximate surface area is 182 Å². The van der Waals surface area contributed by atoms with Gasteiger partial charge in [-0.2, -0.15) is 0 Å². The van der Waals surface area contributed by atoms with Crippen LogP contribution in [-0.2, 0) is 6.54 Å². The summed E-state index contributed by atoms with van der Waals surface area (Å²) in [5.74, 6) is 1.36. The SMILES string of the molecule is C=CCNCc1nnc(C(C)N(C)C)n1-c1cc(Cl)ccc1C(=O)c1ccccc1. The number of rotatable bonds is 9. The minimum Gasteiger partial charge on any atom is -0.306 e. The van der Waals surface area contributed by atoms with E-state index >= 15 is 0 Å². The van der Waals surface area contributed by atoms with Gasteiger partial charge in [-0.3, -0.25) is 14.3 Å². The van der Waals surface area contributed by atoms with E-state index < -0.39 is 0 Å². The third kappa shape index (κ3) is 4.67. The van der Waals surface area contributed by atoms with Crippen LogP contribution in [0.3, 0.4) is 0 Å². The zero-order valence-electron chi connectivity index (χ0n) is 17.5. The smallest absolute Gasteiger partial charge is 0.195 e. The second-order valence-electron chi connectivity index (χ2n) is 7.23. The van der Waals surface area contributed by atoms with Crippen LogP contribution in [0.25, 0.3) is 5.69 Å². The molecular weight excluding hydrogens is 398 g/mol. The van der Waals surface area contributed by atoms with Gasteiger partial charge >= 0.3 is 0 Å². The van der Waals surface area contributed by atoms with Crippen molar-refractivity contribution in [2.75, 3.05) is 20.6 Å². The molecule has 0 fully saturated rings. The maximum Gasteiger partial charge on any atom is 0.195 e. The van der Waals surface area contributed by atoms with Gasteiger partial charge in [0.05, 0.1) is 18.3 Å². The van der Waals surface area contributed by atoms with Gasteiger partial charge in [-0.25, -0.2) is 0 Å². The van der Waals surface area contributed by atoms with Gasteiger partial charge in [0.1, 0.15) is 0 Å². The first-order valence-electron chi connectivity index (χ1n) is 9.76. The summed E-state index contributed by atoms with van der Waals surface area (Å²) in [6.45, 7) is 6.90. The van der Waals surface area contributed by atoms with E-state index in [1.54, 1.807) is 24.3 Å². The second-order valence-corrected chi connectivity index (χ2v) is 7.66. The number of nitrogens with one attached hydrogen (secondary N) is 1. The first kappa shape index (κ1) is 21.9. The molecule has 0 saturated heterocycles. The molecule has 3 aromatic rings. The van der Waals surface area contributed by atoms with Crippen LogP contribution in [-0.4, -0.2) is 46.1 Å². The Kier molecular flexibility index (Phi) is 7.15. The summed E-state index contributed by atoms with van der Waals surface area (Å²) in [6.07, 6.45) is 1.79. The van der Waals surface area contributed by atoms with E-state index in [1.165, 1.54) is 0 Å². The predicted octanol–water partition coefficient (Wildman–Crippen LogP) is 4.05. The Morgan fingerprint density at radius 2 is 1.97 bits per heavy atom. The lowest BCUT2D eigenvalue weighted by atomic mass is 10.0. The summed E-state index contributed by atoms with van der Waals surface area (Å²) in [7, 11) is 3.96. The Bertz CT molecular complexity index is 1030. The highest BCUT2D eigenvalue weighted by Crippen LogP contribution is 2.28. The van der Waals surface area contributed by atoms with E-state index in [-0.39, 0.29) is 11.8 Å². The standard InChI is InChI=1S/C23H26ClN5O/c1-5-13-25-15-21-26-27-23(16(2)28(3)4)29(21)20-14-18(24)11-12-19(20)22(30)17-9-7-6-8-10-17/h5-12,14,16,25H,1,13,15H2,2-4H3. The molecular formula is C23H26ClN5O. The molecule has 30 heavy (non-hydrogen) atoms. The highest BCUT2D eigenvalue weighted by molar-refractivity contribution is 6.31.